The van der Waals surface area contributed by atoms with Crippen molar-refractivity contribution in [3.05, 3.63) is 0 Å². The number of hydrogen-bond acceptors (Lipinski definition) is 4. The lowest BCUT2D eigenvalue weighted by Crippen LogP contribution is -2.56. The Bertz CT molecular complexity index is 365. The van der Waals surface area contributed by atoms with E-state index < -0.39 is 5.41 Å². The molecule has 3 N–H and O–H groups in total. The predicted octanol–water partition coefficient (Wildman–Crippen LogP) is 1.15. The number of carbonyl (C=O) groups excluding carboxylic acids is 2. The molecule has 5 nitrogen and oxygen atoms in total. The number of thiocarbonyl (C=S) groups is 1. The number of nitrogens with two attached hydrogens (primary N) is 1. The minimum absolute atomic E-state index is 0.109. The maximum absolute atomic E-state index is 12.1. The number of nitrogens with one attached hydrogen (secondary N) is 1. The zero-order chi connectivity index (χ0) is 14.5. The van der Waals surface area contributed by atoms with Gasteiger partial charge in [-0.1, -0.05) is 19.1 Å². The first-order chi connectivity index (χ1) is 8.92. The van der Waals surface area contributed by atoms with Crippen LogP contribution in [0.1, 0.15) is 39.5 Å². The zero-order valence-corrected chi connectivity index (χ0v) is 12.3. The largest absolute Gasteiger partial charge is 0.466 e. The van der Waals surface area contributed by atoms with Gasteiger partial charge in [-0.3, -0.25) is 9.59 Å². The predicted molar refractivity (Wildman–Crippen MR) is 76.5 cm³/mol. The van der Waals surface area contributed by atoms with E-state index in [4.69, 9.17) is 22.7 Å². The van der Waals surface area contributed by atoms with Gasteiger partial charge in [-0.25, -0.2) is 0 Å². The second kappa shape index (κ2) is 6.84. The van der Waals surface area contributed by atoms with Crippen molar-refractivity contribution < 1.29 is 14.3 Å². The van der Waals surface area contributed by atoms with E-state index in [-0.39, 0.29) is 16.9 Å². The van der Waals surface area contributed by atoms with Crippen LogP contribution in [-0.4, -0.2) is 30.0 Å². The van der Waals surface area contributed by atoms with Crippen molar-refractivity contribution in [2.24, 2.45) is 17.1 Å². The van der Waals surface area contributed by atoms with Gasteiger partial charge in [-0.15, -0.1) is 0 Å². The van der Waals surface area contributed by atoms with Gasteiger partial charge in [0.1, 0.15) is 0 Å². The highest BCUT2D eigenvalue weighted by Gasteiger charge is 2.50. The fraction of sp³-hybridized carbons (Fsp3) is 0.769. The lowest BCUT2D eigenvalue weighted by Gasteiger charge is -2.44. The van der Waals surface area contributed by atoms with E-state index in [1.165, 1.54) is 0 Å². The topological polar surface area (TPSA) is 81.4 Å². The molecule has 0 unspecified atom stereocenters. The first-order valence-electron chi connectivity index (χ1n) is 6.66. The molecule has 0 atom stereocenters. The van der Waals surface area contributed by atoms with Gasteiger partial charge in [-0.05, 0) is 32.1 Å². The minimum atomic E-state index is -0.668. The van der Waals surface area contributed by atoms with Crippen LogP contribution in [0.2, 0.25) is 0 Å². The van der Waals surface area contributed by atoms with Gasteiger partial charge in [0.25, 0.3) is 0 Å². The minimum Gasteiger partial charge on any atom is -0.466 e. The Labute approximate surface area is 119 Å². The highest BCUT2D eigenvalue weighted by molar-refractivity contribution is 7.80. The van der Waals surface area contributed by atoms with Crippen LogP contribution in [0.4, 0.5) is 0 Å². The Morgan fingerprint density at radius 1 is 1.47 bits per heavy atom. The van der Waals surface area contributed by atoms with Crippen LogP contribution >= 0.6 is 12.2 Å². The van der Waals surface area contributed by atoms with Crippen LogP contribution in [0.25, 0.3) is 0 Å². The maximum atomic E-state index is 12.1. The summed E-state index contributed by atoms with van der Waals surface area (Å²) in [5.74, 6) is 0.131. The Kier molecular flexibility index (Phi) is 5.72. The summed E-state index contributed by atoms with van der Waals surface area (Å²) in [5, 5.41) is 2.81. The van der Waals surface area contributed by atoms with Crippen LogP contribution in [0.15, 0.2) is 0 Å². The van der Waals surface area contributed by atoms with E-state index in [1.54, 1.807) is 6.92 Å². The second-order valence-corrected chi connectivity index (χ2v) is 5.56. The van der Waals surface area contributed by atoms with Crippen LogP contribution in [0.5, 0.6) is 0 Å². The molecule has 1 aliphatic carbocycles. The molecule has 0 aromatic rings. The average Bonchev–Trinajstić information content (AvgIpc) is 2.30. The van der Waals surface area contributed by atoms with E-state index in [1.807, 2.05) is 0 Å². The summed E-state index contributed by atoms with van der Waals surface area (Å²) in [6.45, 7) is 4.66. The molecule has 1 saturated carbocycles. The number of hydrogen-bond donors (Lipinski definition) is 2. The van der Waals surface area contributed by atoms with Crippen molar-refractivity contribution in [3.8, 4) is 0 Å². The SMILES string of the molecule is CCOC(=O)CCCNC(=O)C1(C(N)=S)CC(C)C1. The Morgan fingerprint density at radius 3 is 2.58 bits per heavy atom. The molecular formula is C13H22N2O3S. The first-order valence-corrected chi connectivity index (χ1v) is 7.07. The summed E-state index contributed by atoms with van der Waals surface area (Å²) >= 11 is 5.01. The Balaban J connectivity index is 2.31. The molecular weight excluding hydrogens is 264 g/mol. The van der Waals surface area contributed by atoms with E-state index in [0.717, 1.165) is 0 Å². The lowest BCUT2D eigenvalue weighted by atomic mass is 9.62. The maximum Gasteiger partial charge on any atom is 0.305 e. The molecule has 0 aromatic carbocycles. The summed E-state index contributed by atoms with van der Waals surface area (Å²) in [7, 11) is 0. The van der Waals surface area contributed by atoms with Crippen molar-refractivity contribution in [3.63, 3.8) is 0 Å². The van der Waals surface area contributed by atoms with Gasteiger partial charge in [-0.2, -0.15) is 0 Å². The number of carbonyl (C=O) groups is 2. The van der Waals surface area contributed by atoms with Gasteiger partial charge in [0, 0.05) is 13.0 Å². The summed E-state index contributed by atoms with van der Waals surface area (Å²) in [6.07, 6.45) is 2.30. The van der Waals surface area contributed by atoms with Crippen molar-refractivity contribution >= 4 is 29.1 Å². The molecule has 0 aromatic heterocycles. The van der Waals surface area contributed by atoms with Crippen LogP contribution < -0.4 is 11.1 Å². The third kappa shape index (κ3) is 3.89. The molecule has 1 fully saturated rings. The second-order valence-electron chi connectivity index (χ2n) is 5.12. The molecule has 6 heteroatoms. The number of esters is 1. The van der Waals surface area contributed by atoms with Gasteiger partial charge < -0.3 is 15.8 Å². The monoisotopic (exact) mass is 286 g/mol. The van der Waals surface area contributed by atoms with Crippen molar-refractivity contribution in [1.29, 1.82) is 0 Å². The molecule has 19 heavy (non-hydrogen) atoms. The number of ether oxygens (including phenoxy) is 1. The zero-order valence-electron chi connectivity index (χ0n) is 11.5. The first kappa shape index (κ1) is 15.9. The highest BCUT2D eigenvalue weighted by Crippen LogP contribution is 2.45. The molecule has 0 bridgehead atoms. The highest BCUT2D eigenvalue weighted by atomic mass is 32.1. The van der Waals surface area contributed by atoms with Gasteiger partial charge in [0.15, 0.2) is 0 Å². The van der Waals surface area contributed by atoms with E-state index >= 15 is 0 Å². The van der Waals surface area contributed by atoms with E-state index in [9.17, 15) is 9.59 Å². The normalized spacial score (nSPS) is 25.3. The molecule has 1 rings (SSSR count). The molecule has 108 valence electrons. The fourth-order valence-corrected chi connectivity index (χ4v) is 2.72. The lowest BCUT2D eigenvalue weighted by molar-refractivity contribution is -0.143. The van der Waals surface area contributed by atoms with Gasteiger partial charge in [0.2, 0.25) is 5.91 Å². The van der Waals surface area contributed by atoms with Gasteiger partial charge >= 0.3 is 5.97 Å². The third-order valence-corrected chi connectivity index (χ3v) is 3.84. The van der Waals surface area contributed by atoms with Crippen LogP contribution in [0.3, 0.4) is 0 Å². The third-order valence-electron chi connectivity index (χ3n) is 3.45. The molecule has 0 radical (unpaired) electrons. The Morgan fingerprint density at radius 2 is 2.11 bits per heavy atom. The number of amides is 1. The van der Waals surface area contributed by atoms with Crippen molar-refractivity contribution in [1.82, 2.24) is 5.32 Å². The number of rotatable bonds is 7. The van der Waals surface area contributed by atoms with E-state index in [2.05, 4.69) is 12.2 Å². The Hall–Kier alpha value is -1.17. The molecule has 1 aliphatic rings. The smallest absolute Gasteiger partial charge is 0.305 e. The average molecular weight is 286 g/mol. The van der Waals surface area contributed by atoms with Gasteiger partial charge in [0.05, 0.1) is 17.0 Å². The van der Waals surface area contributed by atoms with Crippen LogP contribution in [-0.2, 0) is 14.3 Å². The van der Waals surface area contributed by atoms with E-state index in [0.29, 0.717) is 44.8 Å². The molecule has 0 heterocycles. The summed E-state index contributed by atoms with van der Waals surface area (Å²) < 4.78 is 4.81. The van der Waals surface area contributed by atoms with Crippen molar-refractivity contribution in [2.45, 2.75) is 39.5 Å². The van der Waals surface area contributed by atoms with Crippen molar-refractivity contribution in [2.75, 3.05) is 13.2 Å². The standard InChI is InChI=1S/C13H22N2O3S/c1-3-18-10(16)5-4-6-15-12(17)13(11(14)19)7-9(2)8-13/h9H,3-8H2,1-2H3,(H2,14,19)(H,15,17). The molecule has 1 amide bonds. The molecule has 0 saturated heterocycles. The molecule has 0 aliphatic heterocycles. The summed E-state index contributed by atoms with van der Waals surface area (Å²) in [6, 6.07) is 0. The van der Waals surface area contributed by atoms with Crippen LogP contribution in [0, 0.1) is 11.3 Å². The summed E-state index contributed by atoms with van der Waals surface area (Å²) in [5.41, 5.74) is 5.02. The molecule has 0 spiro atoms. The summed E-state index contributed by atoms with van der Waals surface area (Å²) in [4.78, 5) is 23.5. The fourth-order valence-electron chi connectivity index (χ4n) is 2.47. The quantitative estimate of drug-likeness (QED) is 0.417.